The largest absolute Gasteiger partial charge is 0.496 e. The summed E-state index contributed by atoms with van der Waals surface area (Å²) in [5, 5.41) is 0. The van der Waals surface area contributed by atoms with Crippen molar-refractivity contribution in [2.75, 3.05) is 26.9 Å². The maximum atomic E-state index is 5.94. The van der Waals surface area contributed by atoms with Crippen LogP contribution in [0.25, 0.3) is 0 Å². The lowest BCUT2D eigenvalue weighted by Gasteiger charge is -2.17. The smallest absolute Gasteiger partial charge is 0.164 e. The molecule has 0 spiro atoms. The van der Waals surface area contributed by atoms with E-state index in [1.807, 2.05) is 12.1 Å². The Balaban J connectivity index is 2.42. The molecule has 0 unspecified atom stereocenters. The molecule has 1 atom stereocenters. The monoisotopic (exact) mass is 238 g/mol. The van der Waals surface area contributed by atoms with Gasteiger partial charge in [-0.15, -0.1) is 0 Å². The van der Waals surface area contributed by atoms with E-state index in [-0.39, 0.29) is 6.04 Å². The highest BCUT2D eigenvalue weighted by molar-refractivity contribution is 5.52. The Morgan fingerprint density at radius 3 is 2.53 bits per heavy atom. The second-order valence-corrected chi connectivity index (χ2v) is 3.93. The van der Waals surface area contributed by atoms with Gasteiger partial charge in [-0.25, -0.2) is 0 Å². The first kappa shape index (κ1) is 12.0. The molecule has 1 aliphatic heterocycles. The van der Waals surface area contributed by atoms with Crippen molar-refractivity contribution >= 4 is 0 Å². The third kappa shape index (κ3) is 2.45. The Labute approximate surface area is 101 Å². The summed E-state index contributed by atoms with van der Waals surface area (Å²) in [6.07, 6.45) is 0.870. The minimum absolute atomic E-state index is 0.262. The summed E-state index contributed by atoms with van der Waals surface area (Å²) < 4.78 is 16.5. The first-order chi connectivity index (χ1) is 8.26. The molecular formula is C12H18N2O3. The summed E-state index contributed by atoms with van der Waals surface area (Å²) in [6.45, 7) is 1.66. The van der Waals surface area contributed by atoms with Gasteiger partial charge in [0, 0.05) is 30.6 Å². The summed E-state index contributed by atoms with van der Waals surface area (Å²) in [7, 11) is 1.60. The summed E-state index contributed by atoms with van der Waals surface area (Å²) >= 11 is 0. The molecule has 1 heterocycles. The topological polar surface area (TPSA) is 79.7 Å². The van der Waals surface area contributed by atoms with E-state index in [1.54, 1.807) is 7.11 Å². The number of hydrogen-bond donors (Lipinski definition) is 2. The lowest BCUT2D eigenvalue weighted by Crippen LogP contribution is -2.21. The Morgan fingerprint density at radius 1 is 1.29 bits per heavy atom. The van der Waals surface area contributed by atoms with Gasteiger partial charge in [-0.3, -0.25) is 0 Å². The Kier molecular flexibility index (Phi) is 3.71. The maximum absolute atomic E-state index is 5.94. The Bertz CT molecular complexity index is 396. The average molecular weight is 238 g/mol. The Morgan fingerprint density at radius 2 is 1.94 bits per heavy atom. The molecule has 1 aromatic rings. The van der Waals surface area contributed by atoms with E-state index in [0.717, 1.165) is 12.0 Å². The SMILES string of the molecule is COc1cc2c(cc1[C@@H](N)CN)OCCCO2. The molecule has 17 heavy (non-hydrogen) atoms. The molecular weight excluding hydrogens is 220 g/mol. The molecule has 5 heteroatoms. The van der Waals surface area contributed by atoms with Crippen molar-refractivity contribution in [3.8, 4) is 17.2 Å². The van der Waals surface area contributed by atoms with Gasteiger partial charge in [0.2, 0.25) is 0 Å². The number of benzene rings is 1. The molecule has 4 N–H and O–H groups in total. The zero-order chi connectivity index (χ0) is 12.3. The Hall–Kier alpha value is -1.46. The quantitative estimate of drug-likeness (QED) is 0.814. The second-order valence-electron chi connectivity index (χ2n) is 3.93. The first-order valence-corrected chi connectivity index (χ1v) is 5.69. The van der Waals surface area contributed by atoms with Crippen LogP contribution in [0.4, 0.5) is 0 Å². The fourth-order valence-corrected chi connectivity index (χ4v) is 1.80. The van der Waals surface area contributed by atoms with Gasteiger partial charge < -0.3 is 25.7 Å². The molecule has 0 aromatic heterocycles. The van der Waals surface area contributed by atoms with E-state index in [0.29, 0.717) is 37.0 Å². The fourth-order valence-electron chi connectivity index (χ4n) is 1.80. The van der Waals surface area contributed by atoms with Crippen molar-refractivity contribution in [3.05, 3.63) is 17.7 Å². The van der Waals surface area contributed by atoms with Crippen molar-refractivity contribution < 1.29 is 14.2 Å². The van der Waals surface area contributed by atoms with Gasteiger partial charge in [0.15, 0.2) is 11.5 Å². The molecule has 1 aromatic carbocycles. The standard InChI is InChI=1S/C12H18N2O3/c1-15-10-6-12-11(16-3-2-4-17-12)5-8(10)9(14)7-13/h5-6,9H,2-4,7,13-14H2,1H3/t9-/m0/s1. The van der Waals surface area contributed by atoms with E-state index in [2.05, 4.69) is 0 Å². The predicted molar refractivity (Wildman–Crippen MR) is 64.6 cm³/mol. The number of methoxy groups -OCH3 is 1. The highest BCUT2D eigenvalue weighted by Gasteiger charge is 2.18. The third-order valence-corrected chi connectivity index (χ3v) is 2.75. The van der Waals surface area contributed by atoms with Crippen LogP contribution in [0.1, 0.15) is 18.0 Å². The molecule has 0 saturated carbocycles. The highest BCUT2D eigenvalue weighted by Crippen LogP contribution is 2.38. The van der Waals surface area contributed by atoms with Crippen LogP contribution in [0.5, 0.6) is 17.2 Å². The molecule has 0 fully saturated rings. The number of rotatable bonds is 3. The molecule has 0 amide bonds. The minimum Gasteiger partial charge on any atom is -0.496 e. The lowest BCUT2D eigenvalue weighted by atomic mass is 10.1. The lowest BCUT2D eigenvalue weighted by molar-refractivity contribution is 0.296. The third-order valence-electron chi connectivity index (χ3n) is 2.75. The van der Waals surface area contributed by atoms with Crippen LogP contribution >= 0.6 is 0 Å². The van der Waals surface area contributed by atoms with Crippen molar-refractivity contribution in [3.63, 3.8) is 0 Å². The zero-order valence-electron chi connectivity index (χ0n) is 9.94. The fraction of sp³-hybridized carbons (Fsp3) is 0.500. The average Bonchev–Trinajstić information content (AvgIpc) is 2.60. The van der Waals surface area contributed by atoms with Gasteiger partial charge >= 0.3 is 0 Å². The molecule has 0 radical (unpaired) electrons. The van der Waals surface area contributed by atoms with Crippen molar-refractivity contribution in [1.82, 2.24) is 0 Å². The number of ether oxygens (including phenoxy) is 3. The van der Waals surface area contributed by atoms with E-state index in [1.165, 1.54) is 0 Å². The molecule has 5 nitrogen and oxygen atoms in total. The molecule has 2 rings (SSSR count). The summed E-state index contributed by atoms with van der Waals surface area (Å²) in [5.41, 5.74) is 12.4. The van der Waals surface area contributed by atoms with E-state index in [9.17, 15) is 0 Å². The highest BCUT2D eigenvalue weighted by atomic mass is 16.5. The number of hydrogen-bond acceptors (Lipinski definition) is 5. The molecule has 0 aliphatic carbocycles. The van der Waals surface area contributed by atoms with E-state index in [4.69, 9.17) is 25.7 Å². The second kappa shape index (κ2) is 5.25. The number of nitrogens with two attached hydrogens (primary N) is 2. The van der Waals surface area contributed by atoms with Gasteiger partial charge in [-0.1, -0.05) is 0 Å². The minimum atomic E-state index is -0.262. The predicted octanol–water partition coefficient (Wildman–Crippen LogP) is 0.815. The molecule has 0 bridgehead atoms. The summed E-state index contributed by atoms with van der Waals surface area (Å²) in [6, 6.07) is 3.41. The molecule has 0 saturated heterocycles. The van der Waals surface area contributed by atoms with Crippen molar-refractivity contribution in [1.29, 1.82) is 0 Å². The summed E-state index contributed by atoms with van der Waals surface area (Å²) in [4.78, 5) is 0. The van der Waals surface area contributed by atoms with Crippen LogP contribution in [-0.2, 0) is 0 Å². The normalized spacial score (nSPS) is 16.2. The van der Waals surface area contributed by atoms with Crippen LogP contribution in [0.3, 0.4) is 0 Å². The van der Waals surface area contributed by atoms with Crippen LogP contribution in [0, 0.1) is 0 Å². The molecule has 94 valence electrons. The zero-order valence-corrected chi connectivity index (χ0v) is 9.94. The van der Waals surface area contributed by atoms with Crippen molar-refractivity contribution in [2.24, 2.45) is 11.5 Å². The van der Waals surface area contributed by atoms with E-state index >= 15 is 0 Å². The van der Waals surface area contributed by atoms with Crippen LogP contribution in [-0.4, -0.2) is 26.9 Å². The van der Waals surface area contributed by atoms with Crippen LogP contribution in [0.2, 0.25) is 0 Å². The van der Waals surface area contributed by atoms with Crippen LogP contribution < -0.4 is 25.7 Å². The maximum Gasteiger partial charge on any atom is 0.164 e. The van der Waals surface area contributed by atoms with Crippen molar-refractivity contribution in [2.45, 2.75) is 12.5 Å². The number of fused-ring (bicyclic) bond motifs is 1. The first-order valence-electron chi connectivity index (χ1n) is 5.69. The van der Waals surface area contributed by atoms with Gasteiger partial charge in [-0.05, 0) is 6.07 Å². The van der Waals surface area contributed by atoms with Crippen LogP contribution in [0.15, 0.2) is 12.1 Å². The van der Waals surface area contributed by atoms with Gasteiger partial charge in [0.25, 0.3) is 0 Å². The van der Waals surface area contributed by atoms with E-state index < -0.39 is 0 Å². The molecule has 1 aliphatic rings. The van der Waals surface area contributed by atoms with Gasteiger partial charge in [0.05, 0.1) is 20.3 Å². The summed E-state index contributed by atoms with van der Waals surface area (Å²) in [5.74, 6) is 2.10. The van der Waals surface area contributed by atoms with Gasteiger partial charge in [0.1, 0.15) is 5.75 Å². The van der Waals surface area contributed by atoms with Gasteiger partial charge in [-0.2, -0.15) is 0 Å².